The van der Waals surface area contributed by atoms with Crippen molar-refractivity contribution in [3.63, 3.8) is 0 Å². The molecule has 5 aromatic carbocycles. The van der Waals surface area contributed by atoms with Gasteiger partial charge in [-0.2, -0.15) is 8.42 Å². The van der Waals surface area contributed by atoms with Crippen LogP contribution in [0.25, 0.3) is 43.8 Å². The minimum atomic E-state index is -3.89. The third kappa shape index (κ3) is 2.94. The lowest BCUT2D eigenvalue weighted by molar-refractivity contribution is 0.599. The lowest BCUT2D eigenvalue weighted by Crippen LogP contribution is -2.23. The van der Waals surface area contributed by atoms with Crippen molar-refractivity contribution in [2.75, 3.05) is 0 Å². The van der Waals surface area contributed by atoms with Gasteiger partial charge in [-0.25, -0.2) is 0 Å². The average molecular weight is 420 g/mol. The zero-order chi connectivity index (χ0) is 21.0. The summed E-state index contributed by atoms with van der Waals surface area (Å²) in [6.07, 6.45) is 0. The molecular weight excluding hydrogens is 404 g/mol. The van der Waals surface area contributed by atoms with Crippen LogP contribution < -0.4 is 10.7 Å². The lowest BCUT2D eigenvalue weighted by Gasteiger charge is -2.09. The normalized spacial score (nSPS) is 14.2. The van der Waals surface area contributed by atoms with Crippen molar-refractivity contribution in [3.8, 4) is 22.3 Å². The highest BCUT2D eigenvalue weighted by Crippen LogP contribution is 2.30. The molecular formula is C26H16N2O2S. The monoisotopic (exact) mass is 420 g/mol. The van der Waals surface area contributed by atoms with Gasteiger partial charge in [0.05, 0.1) is 0 Å². The summed E-state index contributed by atoms with van der Waals surface area (Å²) in [6.45, 7) is 0. The second-order valence-corrected chi connectivity index (χ2v) is 8.84. The van der Waals surface area contributed by atoms with E-state index < -0.39 is 10.2 Å². The van der Waals surface area contributed by atoms with Crippen LogP contribution in [0.5, 0.6) is 0 Å². The minimum Gasteiger partial charge on any atom is -0.179 e. The van der Waals surface area contributed by atoms with Crippen molar-refractivity contribution in [1.82, 2.24) is 0 Å². The molecule has 5 heteroatoms. The first-order valence-electron chi connectivity index (χ1n) is 9.94. The van der Waals surface area contributed by atoms with Gasteiger partial charge in [-0.05, 0) is 45.2 Å². The Labute approximate surface area is 179 Å². The molecule has 0 radical (unpaired) electrons. The maximum absolute atomic E-state index is 12.4. The van der Waals surface area contributed by atoms with Crippen LogP contribution in [0.15, 0.2) is 106 Å². The molecule has 6 rings (SSSR count). The molecule has 0 spiro atoms. The predicted molar refractivity (Wildman–Crippen MR) is 124 cm³/mol. The molecule has 0 atom stereocenters. The highest BCUT2D eigenvalue weighted by Gasteiger charge is 2.19. The van der Waals surface area contributed by atoms with Gasteiger partial charge in [0.2, 0.25) is 0 Å². The standard InChI is InChI=1S/C26H16N2O2S/c29-31(30)27-25-23-15-19(17-7-3-1-4-8-17)11-13-21(23)22-14-12-20(16-24(22)26(25)28-31)18-9-5-2-6-10-18/h1-16H. The van der Waals surface area contributed by atoms with Crippen LogP contribution in [-0.4, -0.2) is 8.42 Å². The SMILES string of the molecule is O=S1(=O)N=c2c(c3cc(-c4ccccc4)ccc3c3ccc(-c4ccccc4)cc23)=N1. The van der Waals surface area contributed by atoms with Crippen LogP contribution in [0.1, 0.15) is 0 Å². The number of hydrogen-bond donors (Lipinski definition) is 0. The molecule has 0 aliphatic carbocycles. The smallest absolute Gasteiger partial charge is 0.179 e. The molecule has 0 amide bonds. The summed E-state index contributed by atoms with van der Waals surface area (Å²) in [7, 11) is -3.89. The molecule has 1 aliphatic heterocycles. The van der Waals surface area contributed by atoms with Crippen molar-refractivity contribution in [3.05, 3.63) is 108 Å². The second kappa shape index (κ2) is 6.59. The zero-order valence-electron chi connectivity index (χ0n) is 16.4. The fourth-order valence-electron chi connectivity index (χ4n) is 4.26. The first-order valence-corrected chi connectivity index (χ1v) is 11.3. The van der Waals surface area contributed by atoms with Gasteiger partial charge in [-0.15, -0.1) is 8.80 Å². The third-order valence-electron chi connectivity index (χ3n) is 5.69. The molecule has 0 saturated heterocycles. The van der Waals surface area contributed by atoms with Gasteiger partial charge < -0.3 is 0 Å². The summed E-state index contributed by atoms with van der Waals surface area (Å²) in [5, 5.41) is 4.35. The molecule has 0 aromatic heterocycles. The Morgan fingerprint density at radius 2 is 0.871 bits per heavy atom. The molecule has 0 bridgehead atoms. The summed E-state index contributed by atoms with van der Waals surface area (Å²) in [4.78, 5) is 0. The molecule has 148 valence electrons. The lowest BCUT2D eigenvalue weighted by atomic mass is 9.94. The van der Waals surface area contributed by atoms with E-state index in [9.17, 15) is 8.42 Å². The van der Waals surface area contributed by atoms with Crippen LogP contribution >= 0.6 is 0 Å². The van der Waals surface area contributed by atoms with E-state index >= 15 is 0 Å². The first-order chi connectivity index (χ1) is 15.1. The number of fused-ring (bicyclic) bond motifs is 6. The summed E-state index contributed by atoms with van der Waals surface area (Å²) in [6, 6.07) is 32.3. The Morgan fingerprint density at radius 1 is 0.452 bits per heavy atom. The minimum absolute atomic E-state index is 0.422. The topological polar surface area (TPSA) is 58.9 Å². The van der Waals surface area contributed by atoms with E-state index in [2.05, 4.69) is 20.9 Å². The Morgan fingerprint density at radius 3 is 1.29 bits per heavy atom. The number of rotatable bonds is 2. The van der Waals surface area contributed by atoms with Crippen molar-refractivity contribution in [1.29, 1.82) is 0 Å². The molecule has 4 nitrogen and oxygen atoms in total. The first kappa shape index (κ1) is 18.0. The average Bonchev–Trinajstić information content (AvgIpc) is 3.15. The van der Waals surface area contributed by atoms with E-state index in [-0.39, 0.29) is 0 Å². The van der Waals surface area contributed by atoms with Crippen molar-refractivity contribution >= 4 is 31.8 Å². The summed E-state index contributed by atoms with van der Waals surface area (Å²) in [5.74, 6) is 0. The Balaban J connectivity index is 1.73. The Hall–Kier alpha value is -3.83. The van der Waals surface area contributed by atoms with E-state index in [1.165, 1.54) is 0 Å². The van der Waals surface area contributed by atoms with Crippen LogP contribution in [0.2, 0.25) is 0 Å². The Bertz CT molecular complexity index is 1600. The zero-order valence-corrected chi connectivity index (χ0v) is 17.2. The van der Waals surface area contributed by atoms with Crippen LogP contribution in [-0.2, 0) is 10.2 Å². The van der Waals surface area contributed by atoms with Crippen molar-refractivity contribution < 1.29 is 8.42 Å². The summed E-state index contributed by atoms with van der Waals surface area (Å²) >= 11 is 0. The van der Waals surface area contributed by atoms with Gasteiger partial charge in [0, 0.05) is 10.8 Å². The maximum Gasteiger partial charge on any atom is 0.364 e. The van der Waals surface area contributed by atoms with Gasteiger partial charge in [-0.1, -0.05) is 84.9 Å². The molecule has 0 N–H and O–H groups in total. The molecule has 0 fully saturated rings. The van der Waals surface area contributed by atoms with E-state index in [0.717, 1.165) is 43.8 Å². The van der Waals surface area contributed by atoms with Gasteiger partial charge in [0.1, 0.15) is 10.7 Å². The van der Waals surface area contributed by atoms with Crippen LogP contribution in [0.3, 0.4) is 0 Å². The van der Waals surface area contributed by atoms with Gasteiger partial charge >= 0.3 is 10.2 Å². The van der Waals surface area contributed by atoms with E-state index in [1.807, 2.05) is 84.9 Å². The number of benzene rings is 5. The van der Waals surface area contributed by atoms with E-state index in [0.29, 0.717) is 10.7 Å². The van der Waals surface area contributed by atoms with E-state index in [1.54, 1.807) is 0 Å². The van der Waals surface area contributed by atoms with Gasteiger partial charge in [0.15, 0.2) is 0 Å². The number of hydrogen-bond acceptors (Lipinski definition) is 2. The highest BCUT2D eigenvalue weighted by molar-refractivity contribution is 7.88. The molecule has 0 unspecified atom stereocenters. The van der Waals surface area contributed by atoms with Gasteiger partial charge in [-0.3, -0.25) is 0 Å². The molecule has 0 saturated carbocycles. The Kier molecular flexibility index (Phi) is 3.82. The summed E-state index contributed by atoms with van der Waals surface area (Å²) in [5.41, 5.74) is 4.15. The molecule has 5 aromatic rings. The predicted octanol–water partition coefficient (Wildman–Crippen LogP) is 4.82. The molecule has 31 heavy (non-hydrogen) atoms. The van der Waals surface area contributed by atoms with Crippen molar-refractivity contribution in [2.24, 2.45) is 8.80 Å². The third-order valence-corrected chi connectivity index (χ3v) is 6.52. The van der Waals surface area contributed by atoms with Crippen LogP contribution in [0, 0.1) is 0 Å². The van der Waals surface area contributed by atoms with Crippen molar-refractivity contribution in [2.45, 2.75) is 0 Å². The highest BCUT2D eigenvalue weighted by atomic mass is 32.2. The second-order valence-electron chi connectivity index (χ2n) is 7.58. The molecule has 1 heterocycles. The maximum atomic E-state index is 12.4. The fraction of sp³-hybridized carbons (Fsp3) is 0. The summed E-state index contributed by atoms with van der Waals surface area (Å²) < 4.78 is 32.7. The van der Waals surface area contributed by atoms with Crippen LogP contribution in [0.4, 0.5) is 0 Å². The fourth-order valence-corrected chi connectivity index (χ4v) is 5.13. The van der Waals surface area contributed by atoms with Gasteiger partial charge in [0.25, 0.3) is 0 Å². The largest absolute Gasteiger partial charge is 0.364 e. The van der Waals surface area contributed by atoms with E-state index in [4.69, 9.17) is 0 Å². The quantitative estimate of drug-likeness (QED) is 0.384. The number of nitrogens with zero attached hydrogens (tertiary/aromatic N) is 2. The molecule has 1 aliphatic rings.